The Labute approximate surface area is 146 Å². The molecule has 1 aromatic carbocycles. The summed E-state index contributed by atoms with van der Waals surface area (Å²) in [6.07, 6.45) is 2.44. The van der Waals surface area contributed by atoms with Gasteiger partial charge in [0.05, 0.1) is 18.2 Å². The third kappa shape index (κ3) is 2.80. The minimum Gasteiger partial charge on any atom is -0.303 e. The van der Waals surface area contributed by atoms with Gasteiger partial charge in [-0.3, -0.25) is 0 Å². The molecule has 23 heavy (non-hydrogen) atoms. The van der Waals surface area contributed by atoms with Crippen molar-refractivity contribution in [3.63, 3.8) is 0 Å². The molecule has 3 saturated heterocycles. The molecule has 120 valence electrons. The normalized spacial score (nSPS) is 35.8. The Balaban J connectivity index is 1.53. The molecule has 4 nitrogen and oxygen atoms in total. The minimum absolute atomic E-state index is 0.354. The number of nitrogens with one attached hydrogen (secondary N) is 1. The van der Waals surface area contributed by atoms with Crippen LogP contribution in [-0.4, -0.2) is 35.1 Å². The number of nitriles is 1. The summed E-state index contributed by atoms with van der Waals surface area (Å²) < 4.78 is 7.94. The first kappa shape index (κ1) is 15.5. The van der Waals surface area contributed by atoms with Gasteiger partial charge in [0.2, 0.25) is 0 Å². The fourth-order valence-corrected chi connectivity index (χ4v) is 6.03. The van der Waals surface area contributed by atoms with Crippen molar-refractivity contribution in [2.24, 2.45) is 16.2 Å². The third-order valence-corrected chi connectivity index (χ3v) is 7.25. The summed E-state index contributed by atoms with van der Waals surface area (Å²) in [6.45, 7) is 3.41. The molecule has 5 rings (SSSR count). The number of hydrogen-bond donors (Lipinski definition) is 1. The fourth-order valence-electron chi connectivity index (χ4n) is 3.96. The van der Waals surface area contributed by atoms with E-state index in [0.29, 0.717) is 11.8 Å². The molecule has 2 unspecified atom stereocenters. The van der Waals surface area contributed by atoms with E-state index in [2.05, 4.69) is 44.4 Å². The molecule has 4 aliphatic rings. The maximum absolute atomic E-state index is 10.0. The highest BCUT2D eigenvalue weighted by Crippen LogP contribution is 2.44. The fraction of sp³-hybridized carbons (Fsp3) is 0.529. The summed E-state index contributed by atoms with van der Waals surface area (Å²) in [4.78, 5) is 2.51. The van der Waals surface area contributed by atoms with Crippen LogP contribution in [0.2, 0.25) is 0 Å². The van der Waals surface area contributed by atoms with E-state index >= 15 is 0 Å². The summed E-state index contributed by atoms with van der Waals surface area (Å²) in [5, 5.41) is 11.0. The first-order valence-electron chi connectivity index (χ1n) is 8.14. The summed E-state index contributed by atoms with van der Waals surface area (Å²) >= 11 is 3.06. The number of thioether (sulfide) groups is 1. The van der Waals surface area contributed by atoms with Crippen LogP contribution < -0.4 is 4.72 Å². The highest BCUT2D eigenvalue weighted by molar-refractivity contribution is 8.14. The molecule has 0 amide bonds. The highest BCUT2D eigenvalue weighted by atomic mass is 32.2. The van der Waals surface area contributed by atoms with E-state index in [1.165, 1.54) is 43.6 Å². The molecule has 6 heteroatoms. The van der Waals surface area contributed by atoms with Crippen LogP contribution in [0.15, 0.2) is 34.7 Å². The maximum Gasteiger partial charge on any atom is 0.170 e. The molecule has 3 fully saturated rings. The Hall–Kier alpha value is -1.00. The molecule has 4 heterocycles. The molecule has 1 aromatic rings. The van der Waals surface area contributed by atoms with Gasteiger partial charge in [-0.2, -0.15) is 9.66 Å². The van der Waals surface area contributed by atoms with Gasteiger partial charge in [0, 0.05) is 18.2 Å². The van der Waals surface area contributed by atoms with Crippen molar-refractivity contribution >= 4 is 28.9 Å². The van der Waals surface area contributed by atoms with Crippen LogP contribution in [0.5, 0.6) is 0 Å². The van der Waals surface area contributed by atoms with Crippen LogP contribution in [0.3, 0.4) is 0 Å². The first-order valence-corrected chi connectivity index (χ1v) is 9.90. The maximum atomic E-state index is 10.0. The summed E-state index contributed by atoms with van der Waals surface area (Å²) in [7, 11) is 0. The van der Waals surface area contributed by atoms with Gasteiger partial charge in [0.1, 0.15) is 5.04 Å². The minimum atomic E-state index is -0.603. The molecule has 4 aliphatic heterocycles. The SMILES string of the molecule is N#CC1(C2CN3CCC2CC3)NSN=C1SCc1ccccc1. The van der Waals surface area contributed by atoms with Gasteiger partial charge < -0.3 is 4.90 Å². The molecule has 0 aliphatic carbocycles. The number of rotatable bonds is 3. The van der Waals surface area contributed by atoms with E-state index in [1.54, 1.807) is 11.8 Å². The number of benzene rings is 1. The van der Waals surface area contributed by atoms with Crippen molar-refractivity contribution in [3.8, 4) is 6.07 Å². The van der Waals surface area contributed by atoms with Gasteiger partial charge in [-0.15, -0.1) is 11.8 Å². The standard InChI is InChI=1S/C17H20N4S2/c18-12-17(15-10-21-8-6-14(15)7-9-21)16(19-23-20-17)22-11-13-4-2-1-3-5-13/h1-5,14-15,20H,6-11H2. The third-order valence-electron chi connectivity index (χ3n) is 5.28. The number of fused-ring (bicyclic) bond motifs is 3. The average Bonchev–Trinajstić information content (AvgIpc) is 3.06. The highest BCUT2D eigenvalue weighted by Gasteiger charge is 2.53. The Kier molecular flexibility index (Phi) is 4.37. The Bertz CT molecular complexity index is 634. The van der Waals surface area contributed by atoms with Gasteiger partial charge in [0.15, 0.2) is 5.54 Å². The van der Waals surface area contributed by atoms with Crippen molar-refractivity contribution in [1.82, 2.24) is 9.62 Å². The van der Waals surface area contributed by atoms with E-state index < -0.39 is 5.54 Å². The summed E-state index contributed by atoms with van der Waals surface area (Å²) in [5.74, 6) is 1.87. The lowest BCUT2D eigenvalue weighted by atomic mass is 9.70. The average molecular weight is 345 g/mol. The van der Waals surface area contributed by atoms with Gasteiger partial charge in [-0.25, -0.2) is 4.72 Å². The van der Waals surface area contributed by atoms with Crippen molar-refractivity contribution in [3.05, 3.63) is 35.9 Å². The van der Waals surface area contributed by atoms with Crippen LogP contribution in [-0.2, 0) is 5.75 Å². The Morgan fingerprint density at radius 2 is 2.13 bits per heavy atom. The molecule has 2 atom stereocenters. The van der Waals surface area contributed by atoms with E-state index in [4.69, 9.17) is 0 Å². The zero-order chi connectivity index (χ0) is 15.7. The quantitative estimate of drug-likeness (QED) is 0.854. The van der Waals surface area contributed by atoms with Crippen LogP contribution >= 0.6 is 23.9 Å². The van der Waals surface area contributed by atoms with Crippen LogP contribution in [0, 0.1) is 23.2 Å². The molecule has 0 aromatic heterocycles. The number of nitrogens with zero attached hydrogens (tertiary/aromatic N) is 3. The molecule has 0 radical (unpaired) electrons. The number of hydrogen-bond acceptors (Lipinski definition) is 6. The summed E-state index contributed by atoms with van der Waals surface area (Å²) in [5.41, 5.74) is 0.672. The second kappa shape index (κ2) is 6.48. The predicted octanol–water partition coefficient (Wildman–Crippen LogP) is 3.09. The monoisotopic (exact) mass is 344 g/mol. The molecular formula is C17H20N4S2. The van der Waals surface area contributed by atoms with E-state index in [9.17, 15) is 5.26 Å². The second-order valence-electron chi connectivity index (χ2n) is 6.53. The smallest absolute Gasteiger partial charge is 0.170 e. The summed E-state index contributed by atoms with van der Waals surface area (Å²) in [6, 6.07) is 13.0. The van der Waals surface area contributed by atoms with Gasteiger partial charge >= 0.3 is 0 Å². The lowest BCUT2D eigenvalue weighted by Gasteiger charge is -2.49. The second-order valence-corrected chi connectivity index (χ2v) is 8.06. The van der Waals surface area contributed by atoms with Crippen molar-refractivity contribution in [1.29, 1.82) is 5.26 Å². The molecular weight excluding hydrogens is 324 g/mol. The zero-order valence-corrected chi connectivity index (χ0v) is 14.6. The van der Waals surface area contributed by atoms with Crippen molar-refractivity contribution in [2.45, 2.75) is 24.1 Å². The van der Waals surface area contributed by atoms with Crippen LogP contribution in [0.1, 0.15) is 18.4 Å². The predicted molar refractivity (Wildman–Crippen MR) is 96.9 cm³/mol. The largest absolute Gasteiger partial charge is 0.303 e. The Morgan fingerprint density at radius 1 is 1.35 bits per heavy atom. The Morgan fingerprint density at radius 3 is 2.78 bits per heavy atom. The van der Waals surface area contributed by atoms with Crippen molar-refractivity contribution < 1.29 is 0 Å². The van der Waals surface area contributed by atoms with E-state index in [0.717, 1.165) is 17.3 Å². The topological polar surface area (TPSA) is 51.4 Å². The molecule has 1 N–H and O–H groups in total. The first-order chi connectivity index (χ1) is 11.3. The lowest BCUT2D eigenvalue weighted by molar-refractivity contribution is 0.0348. The van der Waals surface area contributed by atoms with E-state index in [-0.39, 0.29) is 0 Å². The van der Waals surface area contributed by atoms with Gasteiger partial charge in [-0.05, 0) is 37.4 Å². The van der Waals surface area contributed by atoms with Crippen LogP contribution in [0.4, 0.5) is 0 Å². The van der Waals surface area contributed by atoms with E-state index in [1.807, 2.05) is 6.07 Å². The number of piperidine rings is 3. The van der Waals surface area contributed by atoms with Crippen molar-refractivity contribution in [2.75, 3.05) is 19.6 Å². The molecule has 2 bridgehead atoms. The molecule has 0 saturated carbocycles. The van der Waals surface area contributed by atoms with Gasteiger partial charge in [-0.1, -0.05) is 30.3 Å². The zero-order valence-electron chi connectivity index (χ0n) is 12.9. The van der Waals surface area contributed by atoms with Crippen LogP contribution in [0.25, 0.3) is 0 Å². The molecule has 0 spiro atoms. The van der Waals surface area contributed by atoms with Gasteiger partial charge in [0.25, 0.3) is 0 Å². The lowest BCUT2D eigenvalue weighted by Crippen LogP contribution is -2.61.